The molecule has 3 aromatic carbocycles. The van der Waals surface area contributed by atoms with E-state index in [4.69, 9.17) is 0 Å². The van der Waals surface area contributed by atoms with Gasteiger partial charge < -0.3 is 15.7 Å². The summed E-state index contributed by atoms with van der Waals surface area (Å²) in [5.41, 5.74) is 5.16. The molecule has 0 aromatic heterocycles. The molecule has 0 radical (unpaired) electrons. The molecule has 10 heteroatoms. The zero-order chi connectivity index (χ0) is 25.9. The van der Waals surface area contributed by atoms with Crippen molar-refractivity contribution in [3.05, 3.63) is 89.5 Å². The highest BCUT2D eigenvalue weighted by Gasteiger charge is 2.19. The molecule has 0 aliphatic heterocycles. The van der Waals surface area contributed by atoms with Crippen LogP contribution in [0.2, 0.25) is 0 Å². The lowest BCUT2D eigenvalue weighted by Crippen LogP contribution is -2.46. The second-order valence-electron chi connectivity index (χ2n) is 7.75. The van der Waals surface area contributed by atoms with Crippen molar-refractivity contribution in [3.63, 3.8) is 0 Å². The van der Waals surface area contributed by atoms with E-state index in [-0.39, 0.29) is 35.6 Å². The van der Waals surface area contributed by atoms with Crippen LogP contribution in [-0.4, -0.2) is 42.1 Å². The van der Waals surface area contributed by atoms with Crippen molar-refractivity contribution in [2.45, 2.75) is 19.4 Å². The standard InChI is InChI=1S/C26H26N6O4/c1-17(33)29-23(26(36)27-2)15-19-10-13-24(34)22(14-19)31-30-21-11-8-18(9-12-21)16-28-32-25(35)20-6-4-3-5-7-20/h3-14,16,23,34H,15H2,1-2H3,(H,27,36)(H,29,33)(H,32,35)/b28-16-,31-30?/t23-/m0/s1. The Hall–Kier alpha value is -4.86. The Kier molecular flexibility index (Phi) is 8.99. The number of aromatic hydroxyl groups is 1. The van der Waals surface area contributed by atoms with Crippen LogP contribution < -0.4 is 16.1 Å². The molecule has 0 aliphatic carbocycles. The minimum atomic E-state index is -0.756. The summed E-state index contributed by atoms with van der Waals surface area (Å²) in [6.07, 6.45) is 1.73. The predicted molar refractivity (Wildman–Crippen MR) is 136 cm³/mol. The summed E-state index contributed by atoms with van der Waals surface area (Å²) in [5, 5.41) is 27.5. The number of hydrazone groups is 1. The van der Waals surface area contributed by atoms with Crippen molar-refractivity contribution < 1.29 is 19.5 Å². The van der Waals surface area contributed by atoms with Crippen LogP contribution >= 0.6 is 0 Å². The van der Waals surface area contributed by atoms with Crippen LogP contribution in [0.25, 0.3) is 0 Å². The Bertz CT molecular complexity index is 1270. The van der Waals surface area contributed by atoms with E-state index in [0.29, 0.717) is 16.8 Å². The number of nitrogens with one attached hydrogen (secondary N) is 3. The Morgan fingerprint density at radius 2 is 1.69 bits per heavy atom. The fraction of sp³-hybridized carbons (Fsp3) is 0.154. The van der Waals surface area contributed by atoms with Gasteiger partial charge in [0.1, 0.15) is 17.5 Å². The normalized spacial score (nSPS) is 11.8. The number of hydrogen-bond donors (Lipinski definition) is 4. The Balaban J connectivity index is 1.64. The van der Waals surface area contributed by atoms with Crippen molar-refractivity contribution in [2.24, 2.45) is 15.3 Å². The van der Waals surface area contributed by atoms with Gasteiger partial charge in [0.05, 0.1) is 11.9 Å². The first-order chi connectivity index (χ1) is 17.4. The maximum Gasteiger partial charge on any atom is 0.271 e. The van der Waals surface area contributed by atoms with E-state index >= 15 is 0 Å². The number of azo groups is 1. The number of carbonyl (C=O) groups excluding carboxylic acids is 3. The topological polar surface area (TPSA) is 145 Å². The van der Waals surface area contributed by atoms with E-state index in [9.17, 15) is 19.5 Å². The molecule has 0 unspecified atom stereocenters. The number of hydrogen-bond acceptors (Lipinski definition) is 7. The first-order valence-electron chi connectivity index (χ1n) is 11.1. The van der Waals surface area contributed by atoms with Gasteiger partial charge in [-0.1, -0.05) is 36.4 Å². The highest BCUT2D eigenvalue weighted by atomic mass is 16.3. The van der Waals surface area contributed by atoms with E-state index in [1.54, 1.807) is 60.7 Å². The number of amides is 3. The third-order valence-corrected chi connectivity index (χ3v) is 5.00. The van der Waals surface area contributed by atoms with Crippen LogP contribution in [0.5, 0.6) is 5.75 Å². The maximum absolute atomic E-state index is 12.1. The maximum atomic E-state index is 12.1. The zero-order valence-electron chi connectivity index (χ0n) is 19.8. The molecule has 184 valence electrons. The monoisotopic (exact) mass is 486 g/mol. The molecule has 0 saturated heterocycles. The van der Waals surface area contributed by atoms with Gasteiger partial charge in [0.15, 0.2) is 0 Å². The largest absolute Gasteiger partial charge is 0.506 e. The van der Waals surface area contributed by atoms with Crippen molar-refractivity contribution >= 4 is 35.3 Å². The molecule has 10 nitrogen and oxygen atoms in total. The average molecular weight is 487 g/mol. The summed E-state index contributed by atoms with van der Waals surface area (Å²) in [7, 11) is 1.49. The third-order valence-electron chi connectivity index (χ3n) is 5.00. The molecule has 4 N–H and O–H groups in total. The summed E-state index contributed by atoms with van der Waals surface area (Å²) in [4.78, 5) is 35.5. The molecule has 0 fully saturated rings. The number of nitrogens with zero attached hydrogens (tertiary/aromatic N) is 3. The fourth-order valence-corrected chi connectivity index (χ4v) is 3.20. The van der Waals surface area contributed by atoms with Crippen molar-refractivity contribution in [1.82, 2.24) is 16.1 Å². The van der Waals surface area contributed by atoms with E-state index in [2.05, 4.69) is 31.4 Å². The first-order valence-corrected chi connectivity index (χ1v) is 11.1. The Labute approximate surface area is 208 Å². The van der Waals surface area contributed by atoms with Gasteiger partial charge >= 0.3 is 0 Å². The minimum absolute atomic E-state index is 0.0727. The highest BCUT2D eigenvalue weighted by molar-refractivity contribution is 5.94. The Morgan fingerprint density at radius 3 is 2.36 bits per heavy atom. The van der Waals surface area contributed by atoms with Gasteiger partial charge in [0, 0.05) is 26.0 Å². The van der Waals surface area contributed by atoms with Crippen LogP contribution in [0.4, 0.5) is 11.4 Å². The summed E-state index contributed by atoms with van der Waals surface area (Å²) in [5.74, 6) is -1.03. The fourth-order valence-electron chi connectivity index (χ4n) is 3.20. The second kappa shape index (κ2) is 12.6. The number of phenols is 1. The molecular weight excluding hydrogens is 460 g/mol. The average Bonchev–Trinajstić information content (AvgIpc) is 2.89. The van der Waals surface area contributed by atoms with Crippen LogP contribution in [-0.2, 0) is 16.0 Å². The molecule has 0 heterocycles. The first kappa shape index (κ1) is 25.8. The molecule has 3 rings (SSSR count). The lowest BCUT2D eigenvalue weighted by Gasteiger charge is -2.16. The molecule has 0 bridgehead atoms. The zero-order valence-corrected chi connectivity index (χ0v) is 19.8. The molecule has 3 amide bonds. The lowest BCUT2D eigenvalue weighted by molar-refractivity contribution is -0.127. The smallest absolute Gasteiger partial charge is 0.271 e. The van der Waals surface area contributed by atoms with Crippen molar-refractivity contribution in [3.8, 4) is 5.75 Å². The quantitative estimate of drug-likeness (QED) is 0.209. The van der Waals surface area contributed by atoms with Gasteiger partial charge in [0.2, 0.25) is 11.8 Å². The second-order valence-corrected chi connectivity index (χ2v) is 7.75. The minimum Gasteiger partial charge on any atom is -0.506 e. The molecule has 0 aliphatic rings. The number of carbonyl (C=O) groups is 3. The molecule has 3 aromatic rings. The van der Waals surface area contributed by atoms with E-state index in [1.165, 1.54) is 26.3 Å². The van der Waals surface area contributed by atoms with Crippen molar-refractivity contribution in [2.75, 3.05) is 7.05 Å². The summed E-state index contributed by atoms with van der Waals surface area (Å²) in [6.45, 7) is 1.34. The van der Waals surface area contributed by atoms with Crippen LogP contribution in [0, 0.1) is 0 Å². The SMILES string of the molecule is CNC(=O)[C@H](Cc1ccc(O)c(N=Nc2ccc(/C=N\NC(=O)c3ccccc3)cc2)c1)NC(C)=O. The number of phenolic OH excluding ortho intramolecular Hbond substituents is 1. The molecular formula is C26H26N6O4. The van der Waals surface area contributed by atoms with Gasteiger partial charge in [-0.05, 0) is 47.5 Å². The van der Waals surface area contributed by atoms with Gasteiger partial charge in [-0.15, -0.1) is 5.11 Å². The molecule has 1 atom stereocenters. The van der Waals surface area contributed by atoms with Crippen LogP contribution in [0.15, 0.2) is 88.1 Å². The lowest BCUT2D eigenvalue weighted by atomic mass is 10.0. The van der Waals surface area contributed by atoms with Gasteiger partial charge in [-0.2, -0.15) is 10.2 Å². The number of benzene rings is 3. The van der Waals surface area contributed by atoms with Crippen LogP contribution in [0.3, 0.4) is 0 Å². The third kappa shape index (κ3) is 7.59. The molecule has 0 saturated carbocycles. The van der Waals surface area contributed by atoms with Gasteiger partial charge in [-0.25, -0.2) is 5.43 Å². The van der Waals surface area contributed by atoms with Gasteiger partial charge in [0.25, 0.3) is 5.91 Å². The summed E-state index contributed by atoms with van der Waals surface area (Å²) in [6, 6.07) is 19.7. The highest BCUT2D eigenvalue weighted by Crippen LogP contribution is 2.29. The van der Waals surface area contributed by atoms with Crippen molar-refractivity contribution in [1.29, 1.82) is 0 Å². The Morgan fingerprint density at radius 1 is 0.972 bits per heavy atom. The van der Waals surface area contributed by atoms with E-state index in [1.807, 2.05) is 6.07 Å². The predicted octanol–water partition coefficient (Wildman–Crippen LogP) is 3.36. The van der Waals surface area contributed by atoms with Crippen LogP contribution in [0.1, 0.15) is 28.4 Å². The van der Waals surface area contributed by atoms with E-state index < -0.39 is 6.04 Å². The molecule has 0 spiro atoms. The summed E-state index contributed by atoms with van der Waals surface area (Å²) >= 11 is 0. The summed E-state index contributed by atoms with van der Waals surface area (Å²) < 4.78 is 0. The number of rotatable bonds is 9. The number of likely N-dealkylation sites (N-methyl/N-ethyl adjacent to an activating group) is 1. The van der Waals surface area contributed by atoms with Gasteiger partial charge in [-0.3, -0.25) is 14.4 Å². The molecule has 36 heavy (non-hydrogen) atoms. The van der Waals surface area contributed by atoms with E-state index in [0.717, 1.165) is 5.56 Å².